The van der Waals surface area contributed by atoms with E-state index in [1.165, 1.54) is 15.9 Å². The summed E-state index contributed by atoms with van der Waals surface area (Å²) in [5.74, 6) is -6.22. The molecule has 0 saturated heterocycles. The van der Waals surface area contributed by atoms with Crippen LogP contribution in [0.25, 0.3) is 17.0 Å². The number of benzene rings is 2. The number of H-pyrrole nitrogens is 1. The molecule has 0 atom stereocenters. The van der Waals surface area contributed by atoms with Gasteiger partial charge < -0.3 is 30.1 Å². The van der Waals surface area contributed by atoms with Gasteiger partial charge in [0, 0.05) is 25.8 Å². The summed E-state index contributed by atoms with van der Waals surface area (Å²) in [7, 11) is 0. The van der Waals surface area contributed by atoms with Gasteiger partial charge in [-0.3, -0.25) is 29.0 Å². The summed E-state index contributed by atoms with van der Waals surface area (Å²) >= 11 is 2.90. The minimum atomic E-state index is -5.34. The first kappa shape index (κ1) is 43.0. The monoisotopic (exact) mass is 811 g/mol. The van der Waals surface area contributed by atoms with Crippen molar-refractivity contribution in [1.29, 1.82) is 0 Å². The molecule has 282 valence electrons. The predicted molar refractivity (Wildman–Crippen MR) is 171 cm³/mol. The molecule has 52 heavy (non-hydrogen) atoms. The Bertz CT molecular complexity index is 1850. The molecule has 0 fully saturated rings. The molecule has 0 spiro atoms. The third-order valence-electron chi connectivity index (χ3n) is 6.53. The van der Waals surface area contributed by atoms with E-state index in [4.69, 9.17) is 20.4 Å². The molecule has 0 aliphatic rings. The van der Waals surface area contributed by atoms with E-state index in [1.807, 2.05) is 0 Å². The molecule has 1 heterocycles. The SMILES string of the molecule is O=C(O)CN(CCO)CCN(CC(=O)O)CC(=O)O.O=C(OC(=O)c1c[nH]c2cc(C(F)(F)F)cc(C(F)(F)F)c2c1=O)C(Br)=Cc1ccccc1. The van der Waals surface area contributed by atoms with Crippen molar-refractivity contribution in [3.05, 3.63) is 85.6 Å². The maximum Gasteiger partial charge on any atom is 0.417 e. The summed E-state index contributed by atoms with van der Waals surface area (Å²) in [5, 5.41) is 33.5. The number of carboxylic acid groups (broad SMARTS) is 3. The lowest BCUT2D eigenvalue weighted by molar-refractivity contribution is -0.144. The fraction of sp³-hybridized carbons (Fsp3) is 0.290. The van der Waals surface area contributed by atoms with Gasteiger partial charge in [0.15, 0.2) is 0 Å². The van der Waals surface area contributed by atoms with Crippen molar-refractivity contribution in [2.24, 2.45) is 0 Å². The second kappa shape index (κ2) is 18.9. The number of aromatic amines is 1. The molecule has 5 N–H and O–H groups in total. The lowest BCUT2D eigenvalue weighted by atomic mass is 10.0. The number of rotatable bonds is 14. The number of aromatic nitrogens is 1. The molecular formula is C31H28BrF6N3O11. The number of hydrogen-bond acceptors (Lipinski definition) is 10. The predicted octanol–water partition coefficient (Wildman–Crippen LogP) is 3.52. The van der Waals surface area contributed by atoms with Gasteiger partial charge >= 0.3 is 42.2 Å². The number of aliphatic hydroxyl groups is 1. The number of carboxylic acids is 3. The number of alkyl halides is 6. The largest absolute Gasteiger partial charge is 0.480 e. The molecule has 0 amide bonds. The van der Waals surface area contributed by atoms with E-state index in [-0.39, 0.29) is 43.3 Å². The summed E-state index contributed by atoms with van der Waals surface area (Å²) in [6.45, 7) is -1.03. The standard InChI is InChI=1S/C21H10BrF6NO4.C10H18N2O7/c22-14(6-10-4-2-1-3-5-10)19(32)33-18(31)12-9-29-15-8-11(20(23,24)25)7-13(21(26,27)28)16(15)17(12)30;13-4-3-11(5-8(14)15)1-2-12(6-9(16)17)7-10(18)19/h1-9H,(H,29,30);13H,1-7H2,(H,14,15)(H,16,17)(H,18,19). The number of carbonyl (C=O) groups is 5. The van der Waals surface area contributed by atoms with Crippen LogP contribution in [0.15, 0.2) is 57.9 Å². The van der Waals surface area contributed by atoms with Gasteiger partial charge in [0.2, 0.25) is 5.43 Å². The van der Waals surface area contributed by atoms with Crippen molar-refractivity contribution < 1.29 is 75.5 Å². The van der Waals surface area contributed by atoms with E-state index in [2.05, 4.69) is 25.7 Å². The molecular weight excluding hydrogens is 784 g/mol. The number of aliphatic carboxylic acids is 3. The van der Waals surface area contributed by atoms with E-state index in [0.29, 0.717) is 17.8 Å². The first-order chi connectivity index (χ1) is 24.1. The lowest BCUT2D eigenvalue weighted by Crippen LogP contribution is -2.42. The molecule has 3 aromatic rings. The Kier molecular flexibility index (Phi) is 15.7. The Morgan fingerprint density at radius 3 is 1.85 bits per heavy atom. The number of halogens is 7. The van der Waals surface area contributed by atoms with E-state index in [9.17, 15) is 55.1 Å². The Morgan fingerprint density at radius 1 is 0.808 bits per heavy atom. The van der Waals surface area contributed by atoms with Crippen LogP contribution < -0.4 is 5.43 Å². The summed E-state index contributed by atoms with van der Waals surface area (Å²) in [4.78, 5) is 73.3. The van der Waals surface area contributed by atoms with Gasteiger partial charge in [-0.15, -0.1) is 0 Å². The van der Waals surface area contributed by atoms with Crippen LogP contribution in [0.4, 0.5) is 26.3 Å². The van der Waals surface area contributed by atoms with Crippen LogP contribution in [0.5, 0.6) is 0 Å². The highest BCUT2D eigenvalue weighted by molar-refractivity contribution is 9.12. The van der Waals surface area contributed by atoms with Crippen LogP contribution in [0.2, 0.25) is 0 Å². The molecule has 3 rings (SSSR count). The van der Waals surface area contributed by atoms with Crippen LogP contribution in [-0.4, -0.2) is 111 Å². The normalized spacial score (nSPS) is 12.0. The summed E-state index contributed by atoms with van der Waals surface area (Å²) < 4.78 is 83.5. The summed E-state index contributed by atoms with van der Waals surface area (Å²) in [6, 6.07) is 8.38. The van der Waals surface area contributed by atoms with E-state index in [0.717, 1.165) is 0 Å². The van der Waals surface area contributed by atoms with Gasteiger partial charge in [0.05, 0.1) is 48.3 Å². The van der Waals surface area contributed by atoms with Crippen LogP contribution in [0.3, 0.4) is 0 Å². The number of pyridine rings is 1. The average Bonchev–Trinajstić information content (AvgIpc) is 3.02. The Hall–Kier alpha value is -5.12. The Balaban J connectivity index is 0.000000422. The zero-order chi connectivity index (χ0) is 39.4. The highest BCUT2D eigenvalue weighted by Crippen LogP contribution is 2.38. The topological polar surface area (TPSA) is 215 Å². The number of fused-ring (bicyclic) bond motifs is 1. The van der Waals surface area contributed by atoms with Crippen LogP contribution in [-0.2, 0) is 36.3 Å². The third-order valence-corrected chi connectivity index (χ3v) is 7.09. The summed E-state index contributed by atoms with van der Waals surface area (Å²) in [6.07, 6.45) is -8.59. The molecule has 0 bridgehead atoms. The van der Waals surface area contributed by atoms with Gasteiger partial charge in [-0.2, -0.15) is 26.3 Å². The van der Waals surface area contributed by atoms with E-state index >= 15 is 0 Å². The van der Waals surface area contributed by atoms with Gasteiger partial charge in [-0.05, 0) is 39.7 Å². The van der Waals surface area contributed by atoms with Gasteiger partial charge in [-0.25, -0.2) is 9.59 Å². The fourth-order valence-electron chi connectivity index (χ4n) is 4.31. The third kappa shape index (κ3) is 13.5. The molecule has 0 aliphatic heterocycles. The van der Waals surface area contributed by atoms with Gasteiger partial charge in [0.1, 0.15) is 10.0 Å². The maximum atomic E-state index is 13.4. The minimum absolute atomic E-state index is 0.0892. The van der Waals surface area contributed by atoms with Crippen LogP contribution >= 0.6 is 15.9 Å². The van der Waals surface area contributed by atoms with Crippen molar-refractivity contribution in [2.45, 2.75) is 12.4 Å². The van der Waals surface area contributed by atoms with Gasteiger partial charge in [-0.1, -0.05) is 30.3 Å². The zero-order valence-electron chi connectivity index (χ0n) is 26.3. The Labute approximate surface area is 296 Å². The first-order valence-corrected chi connectivity index (χ1v) is 15.2. The van der Waals surface area contributed by atoms with Crippen molar-refractivity contribution in [2.75, 3.05) is 45.9 Å². The second-order valence-electron chi connectivity index (χ2n) is 10.4. The van der Waals surface area contributed by atoms with Crippen molar-refractivity contribution >= 4 is 62.8 Å². The van der Waals surface area contributed by atoms with Crippen molar-refractivity contribution in [3.8, 4) is 0 Å². The molecule has 0 aliphatic carbocycles. The number of ether oxygens (including phenoxy) is 1. The molecule has 2 aromatic carbocycles. The fourth-order valence-corrected chi connectivity index (χ4v) is 4.66. The number of nitrogens with zero attached hydrogens (tertiary/aromatic N) is 2. The second-order valence-corrected chi connectivity index (χ2v) is 11.3. The smallest absolute Gasteiger partial charge is 0.417 e. The maximum absolute atomic E-state index is 13.4. The van der Waals surface area contributed by atoms with Crippen molar-refractivity contribution in [3.63, 3.8) is 0 Å². The van der Waals surface area contributed by atoms with Crippen LogP contribution in [0.1, 0.15) is 27.0 Å². The highest BCUT2D eigenvalue weighted by Gasteiger charge is 2.39. The van der Waals surface area contributed by atoms with Crippen molar-refractivity contribution in [1.82, 2.24) is 14.8 Å². The minimum Gasteiger partial charge on any atom is -0.480 e. The van der Waals surface area contributed by atoms with E-state index < -0.39 is 88.3 Å². The average molecular weight is 812 g/mol. The Morgan fingerprint density at radius 2 is 1.35 bits per heavy atom. The lowest BCUT2D eigenvalue weighted by Gasteiger charge is -2.24. The molecule has 1 aromatic heterocycles. The highest BCUT2D eigenvalue weighted by atomic mass is 79.9. The number of esters is 2. The number of carbonyl (C=O) groups excluding carboxylic acids is 2. The molecule has 0 radical (unpaired) electrons. The number of aliphatic hydroxyl groups excluding tert-OH is 1. The van der Waals surface area contributed by atoms with E-state index in [1.54, 1.807) is 30.3 Å². The zero-order valence-corrected chi connectivity index (χ0v) is 27.9. The quantitative estimate of drug-likeness (QED) is 0.0683. The molecule has 21 heteroatoms. The first-order valence-electron chi connectivity index (χ1n) is 14.4. The molecule has 0 saturated carbocycles. The number of nitrogens with one attached hydrogen (secondary N) is 1. The van der Waals surface area contributed by atoms with Gasteiger partial charge in [0.25, 0.3) is 0 Å². The molecule has 14 nitrogen and oxygen atoms in total. The summed E-state index contributed by atoms with van der Waals surface area (Å²) in [5.41, 5.74) is -6.33. The van der Waals surface area contributed by atoms with Crippen LogP contribution in [0, 0.1) is 0 Å². The number of hydrogen-bond donors (Lipinski definition) is 5. The molecule has 0 unspecified atom stereocenters.